The second-order valence-electron chi connectivity index (χ2n) is 11.4. The second kappa shape index (κ2) is 14.9. The number of alkyl halides is 20. The number of hydrogen-bond acceptors (Lipinski definition) is 0. The van der Waals surface area contributed by atoms with Gasteiger partial charge in [-0.1, -0.05) is 72.8 Å². The van der Waals surface area contributed by atoms with Crippen LogP contribution in [0.3, 0.4) is 0 Å². The van der Waals surface area contributed by atoms with Gasteiger partial charge >= 0.3 is 145 Å². The summed E-state index contributed by atoms with van der Waals surface area (Å²) in [6.45, 7) is 0. The molecule has 0 saturated carbocycles. The van der Waals surface area contributed by atoms with Gasteiger partial charge in [0.1, 0.15) is 28.5 Å². The van der Waals surface area contributed by atoms with Gasteiger partial charge < -0.3 is 0 Å². The van der Waals surface area contributed by atoms with Crippen molar-refractivity contribution in [2.75, 3.05) is 0 Å². The molecule has 0 spiro atoms. The average Bonchev–Trinajstić information content (AvgIpc) is 3.05. The minimum atomic E-state index is -13.1. The monoisotopic (exact) mass is 884 g/mol. The van der Waals surface area contributed by atoms with Crippen LogP contribution in [0.2, 0.25) is 0 Å². The van der Waals surface area contributed by atoms with E-state index in [0.717, 1.165) is 0 Å². The molecule has 296 valence electrons. The molecular formula is C32H20F20GaP. The summed E-state index contributed by atoms with van der Waals surface area (Å²) in [6, 6.07) is 43.8. The minimum Gasteiger partial charge on any atom is -0.0620 e. The first-order chi connectivity index (χ1) is 24.4. The van der Waals surface area contributed by atoms with Crippen LogP contribution in [-0.4, -0.2) is 57.6 Å². The Kier molecular flexibility index (Phi) is 12.4. The Morgan fingerprint density at radius 1 is 0.259 bits per heavy atom. The van der Waals surface area contributed by atoms with Crippen molar-refractivity contribution < 1.29 is 87.8 Å². The van der Waals surface area contributed by atoms with Gasteiger partial charge in [0.2, 0.25) is 0 Å². The van der Waals surface area contributed by atoms with Gasteiger partial charge in [-0.3, -0.25) is 0 Å². The van der Waals surface area contributed by atoms with Crippen LogP contribution in [0, 0.1) is 0 Å². The van der Waals surface area contributed by atoms with Crippen molar-refractivity contribution in [3.63, 3.8) is 0 Å². The molecular weight excluding hydrogens is 865 g/mol. The van der Waals surface area contributed by atoms with Gasteiger partial charge in [-0.2, -0.15) is 0 Å². The maximum atomic E-state index is 13.4. The zero-order valence-electron chi connectivity index (χ0n) is 26.1. The molecule has 0 aliphatic rings. The third-order valence-electron chi connectivity index (χ3n) is 8.26. The van der Waals surface area contributed by atoms with Crippen molar-refractivity contribution >= 4 is 43.5 Å². The molecule has 0 amide bonds. The standard InChI is InChI=1S/C24H20P.4C2F5.Ga/c1-5-13-21(14-6-1)25(22-15-7-2-8-16-22,23-17-9-3-10-18-23)24-19-11-4-12-20-24;4*3-1(4)2(5,6)7;/h1-20H;;;;;/q+1;;;;;-1. The topological polar surface area (TPSA) is 0 Å². The van der Waals surface area contributed by atoms with E-state index in [2.05, 4.69) is 121 Å². The van der Waals surface area contributed by atoms with Gasteiger partial charge in [0.25, 0.3) is 0 Å². The van der Waals surface area contributed by atoms with Crippen LogP contribution in [0.15, 0.2) is 121 Å². The maximum absolute atomic E-state index is 13.4. The molecule has 0 saturated heterocycles. The fourth-order valence-corrected chi connectivity index (χ4v) is 20.0. The molecule has 0 atom stereocenters. The van der Waals surface area contributed by atoms with Crippen LogP contribution in [0.4, 0.5) is 87.8 Å². The van der Waals surface area contributed by atoms with E-state index in [0.29, 0.717) is 0 Å². The summed E-state index contributed by atoms with van der Waals surface area (Å²) < 4.78 is 218. The molecule has 22 heteroatoms. The molecule has 0 N–H and O–H groups in total. The molecule has 0 aliphatic heterocycles. The van der Waals surface area contributed by atoms with E-state index in [-0.39, 0.29) is 0 Å². The van der Waals surface area contributed by atoms with E-state index in [1.54, 1.807) is 0 Å². The normalized spacial score (nSPS) is 14.3. The van der Waals surface area contributed by atoms with E-state index < -0.39 is 64.9 Å². The van der Waals surface area contributed by atoms with Crippen LogP contribution in [0.25, 0.3) is 0 Å². The van der Waals surface area contributed by atoms with Crippen molar-refractivity contribution in [2.24, 2.45) is 0 Å². The fourth-order valence-electron chi connectivity index (χ4n) is 5.85. The Bertz CT molecular complexity index is 1530. The quantitative estimate of drug-likeness (QED) is 0.0940. The molecule has 0 unspecified atom stereocenters. The SMILES string of the molecule is FC(F)(F)[C](F)(F)[Ga-]([C](F)(F)C(F)(F)F)([C](F)(F)C(F)(F)F)[C](F)(F)C(F)(F)F.c1ccc([P+](c2ccccc2)(c2ccccc2)c2ccccc2)cc1. The van der Waals surface area contributed by atoms with Gasteiger partial charge in [-0.15, -0.1) is 0 Å². The summed E-state index contributed by atoms with van der Waals surface area (Å²) in [7, 11) is -1.91. The number of hydrogen-bond donors (Lipinski definition) is 0. The fraction of sp³-hybridized carbons (Fsp3) is 0.250. The molecule has 0 nitrogen and oxygen atoms in total. The van der Waals surface area contributed by atoms with Crippen LogP contribution < -0.4 is 21.2 Å². The van der Waals surface area contributed by atoms with Crippen molar-refractivity contribution in [1.29, 1.82) is 0 Å². The van der Waals surface area contributed by atoms with Gasteiger partial charge in [0.15, 0.2) is 0 Å². The minimum absolute atomic E-state index is 1.39. The molecule has 0 aliphatic carbocycles. The Balaban J connectivity index is 0.000000292. The molecule has 4 rings (SSSR count). The molecule has 0 aromatic heterocycles. The molecule has 4 aromatic carbocycles. The van der Waals surface area contributed by atoms with Crippen LogP contribution in [-0.2, 0) is 0 Å². The van der Waals surface area contributed by atoms with E-state index in [4.69, 9.17) is 0 Å². The van der Waals surface area contributed by atoms with Gasteiger partial charge in [-0.05, 0) is 48.5 Å². The van der Waals surface area contributed by atoms with Gasteiger partial charge in [-0.25, -0.2) is 0 Å². The molecule has 0 radical (unpaired) electrons. The summed E-state index contributed by atoms with van der Waals surface area (Å²) in [5, 5.41) is 5.55. The van der Waals surface area contributed by atoms with Crippen LogP contribution in [0.1, 0.15) is 0 Å². The van der Waals surface area contributed by atoms with E-state index in [9.17, 15) is 87.8 Å². The van der Waals surface area contributed by atoms with Crippen molar-refractivity contribution in [1.82, 2.24) is 0 Å². The number of halogens is 20. The number of benzene rings is 4. The smallest absolute Gasteiger partial charge is 0.0620 e. The van der Waals surface area contributed by atoms with Gasteiger partial charge in [0.05, 0.1) is 0 Å². The molecule has 0 bridgehead atoms. The van der Waals surface area contributed by atoms with E-state index >= 15 is 0 Å². The Labute approximate surface area is 295 Å². The summed E-state index contributed by atoms with van der Waals surface area (Å²) in [5.41, 5.74) is 0. The Hall–Kier alpha value is -3.45. The van der Waals surface area contributed by atoms with Crippen LogP contribution >= 0.6 is 7.26 Å². The van der Waals surface area contributed by atoms with Crippen molar-refractivity contribution in [2.45, 2.75) is 42.6 Å². The van der Waals surface area contributed by atoms with Gasteiger partial charge in [0, 0.05) is 0 Å². The molecule has 54 heavy (non-hydrogen) atoms. The first-order valence-corrected chi connectivity index (χ1v) is 21.1. The number of rotatable bonds is 8. The molecule has 4 aromatic rings. The van der Waals surface area contributed by atoms with Crippen molar-refractivity contribution in [3.8, 4) is 0 Å². The van der Waals surface area contributed by atoms with E-state index in [1.165, 1.54) is 21.2 Å². The third kappa shape index (κ3) is 7.08. The maximum Gasteiger partial charge on any atom is 0.144 e. The summed E-state index contributed by atoms with van der Waals surface area (Å²) in [4.78, 5) is 0. The summed E-state index contributed by atoms with van der Waals surface area (Å²) in [6.07, 6.45) is -34.1. The third-order valence-corrected chi connectivity index (χ3v) is 24.4. The van der Waals surface area contributed by atoms with Crippen molar-refractivity contribution in [3.05, 3.63) is 121 Å². The second-order valence-corrected chi connectivity index (χ2v) is 24.5. The molecule has 0 heterocycles. The Morgan fingerprint density at radius 2 is 0.407 bits per heavy atom. The predicted molar refractivity (Wildman–Crippen MR) is 161 cm³/mol. The average molecular weight is 885 g/mol. The zero-order chi connectivity index (χ0) is 41.5. The first-order valence-electron chi connectivity index (χ1n) is 14.5. The summed E-state index contributed by atoms with van der Waals surface area (Å²) >= 11 is -13.1. The van der Waals surface area contributed by atoms with Crippen LogP contribution in [0.5, 0.6) is 0 Å². The van der Waals surface area contributed by atoms with E-state index in [1.807, 2.05) is 0 Å². The first kappa shape index (κ1) is 44.9. The zero-order valence-corrected chi connectivity index (χ0v) is 29.4. The Morgan fingerprint density at radius 3 is 0.537 bits per heavy atom. The summed E-state index contributed by atoms with van der Waals surface area (Å²) in [5.74, 6) is 0. The predicted octanol–water partition coefficient (Wildman–Crippen LogP) is 10.7. The largest absolute Gasteiger partial charge is 0.144 e. The molecule has 0 fully saturated rings.